The summed E-state index contributed by atoms with van der Waals surface area (Å²) in [5, 5.41) is 0. The van der Waals surface area contributed by atoms with E-state index in [1.807, 2.05) is 0 Å². The molecule has 0 heterocycles. The Hall–Kier alpha value is -1.29. The summed E-state index contributed by atoms with van der Waals surface area (Å²) in [5.41, 5.74) is 0. The van der Waals surface area contributed by atoms with E-state index >= 15 is 0 Å². The third-order valence-corrected chi connectivity index (χ3v) is 0. The average molecular weight is 363 g/mol. The summed E-state index contributed by atoms with van der Waals surface area (Å²) >= 11 is 0. The van der Waals surface area contributed by atoms with Crippen LogP contribution in [0.4, 0.5) is 0 Å². The largest absolute Gasteiger partial charge is 0.281 e. The maximum Gasteiger partial charge on any atom is 0.281 e. The molecule has 70 valence electrons. The molecule has 0 saturated carbocycles. The molecular weight excluding hydrogens is 363 g/mol. The minimum Gasteiger partial charge on any atom is -0.281 e. The summed E-state index contributed by atoms with van der Waals surface area (Å²) < 4.78 is 0. The molecule has 0 fully saturated rings. The summed E-state index contributed by atoms with van der Waals surface area (Å²) in [6.07, 6.45) is 0. The van der Waals surface area contributed by atoms with Gasteiger partial charge in [0.05, 0.1) is 0 Å². The fourth-order valence-electron chi connectivity index (χ4n) is 0. The smallest absolute Gasteiger partial charge is 0.281 e. The van der Waals surface area contributed by atoms with E-state index in [4.69, 9.17) is 28.8 Å². The van der Waals surface area contributed by atoms with Crippen LogP contribution < -0.4 is 0 Å². The molecule has 0 N–H and O–H groups in total. The fourth-order valence-corrected chi connectivity index (χ4v) is 0. The van der Waals surface area contributed by atoms with Gasteiger partial charge < -0.3 is 0 Å². The Kier molecular flexibility index (Phi) is 2820. The monoisotopic (exact) mass is 363 g/mol. The summed E-state index contributed by atoms with van der Waals surface area (Å²) in [7, 11) is 0. The predicted molar refractivity (Wildman–Crippen MR) is 34.2 cm³/mol. The second-order valence-electron chi connectivity index (χ2n) is 0. The van der Waals surface area contributed by atoms with Crippen molar-refractivity contribution in [2.75, 3.05) is 0 Å². The van der Waals surface area contributed by atoms with Gasteiger partial charge in [-0.2, -0.15) is 0 Å². The number of hydrogen-bond donors (Lipinski definition) is 0. The molecule has 12 radical (unpaired) electrons. The summed E-state index contributed by atoms with van der Waals surface area (Å²) in [6, 6.07) is 0. The van der Waals surface area contributed by atoms with E-state index in [0.717, 1.165) is 0 Å². The molecule has 6 nitrogen and oxygen atoms in total. The first kappa shape index (κ1) is 60.6. The first-order valence-corrected chi connectivity index (χ1v) is 1.22. The van der Waals surface area contributed by atoms with Crippen molar-refractivity contribution in [3.05, 3.63) is 0 Å². The Balaban J connectivity index is -0.00000000655. The molecule has 0 aliphatic heterocycles. The van der Waals surface area contributed by atoms with E-state index in [1.165, 1.54) is 0 Å². The van der Waals surface area contributed by atoms with E-state index in [2.05, 4.69) is 40.7 Å². The van der Waals surface area contributed by atoms with Gasteiger partial charge in [-0.05, 0) is 0 Å². The van der Waals surface area contributed by atoms with Crippen LogP contribution >= 0.6 is 0 Å². The first-order chi connectivity index (χ1) is 6.00. The van der Waals surface area contributed by atoms with E-state index in [1.54, 1.807) is 0 Å². The van der Waals surface area contributed by atoms with Crippen LogP contribution in [0.5, 0.6) is 0 Å². The molecule has 0 aromatic carbocycles. The van der Waals surface area contributed by atoms with E-state index in [-0.39, 0.29) is 21.1 Å². The normalized spacial score (nSPS) is 1.85. The predicted octanol–water partition coefficient (Wildman–Crippen LogP) is -2.39. The molecule has 0 aromatic rings. The molecule has 0 rings (SSSR count). The zero-order valence-electron chi connectivity index (χ0n) is 5.77. The van der Waals surface area contributed by atoms with Gasteiger partial charge in [0.15, 0.2) is 0 Å². The zero-order valence-corrected chi connectivity index (χ0v) is 8.04. The second kappa shape index (κ2) is 605. The van der Waals surface area contributed by atoms with Crippen LogP contribution in [0.15, 0.2) is 0 Å². The van der Waals surface area contributed by atoms with Gasteiger partial charge in [-0.1, -0.05) is 0 Å². The van der Waals surface area contributed by atoms with Gasteiger partial charge in [0, 0.05) is 21.1 Å². The molecule has 0 aromatic heterocycles. The minimum absolute atomic E-state index is 0. The standard InChI is InChI=1S/6CO.Pt/c6*1-2;. The quantitative estimate of drug-likeness (QED) is 0.476. The van der Waals surface area contributed by atoms with Crippen molar-refractivity contribution in [2.45, 2.75) is 0 Å². The van der Waals surface area contributed by atoms with Gasteiger partial charge in [0.1, 0.15) is 0 Å². The third-order valence-electron chi connectivity index (χ3n) is 0. The van der Waals surface area contributed by atoms with Crippen LogP contribution in [-0.2, 0) is 49.8 Å². The van der Waals surface area contributed by atoms with Crippen molar-refractivity contribution in [1.29, 1.82) is 0 Å². The zero-order chi connectivity index (χ0) is 12.0. The van der Waals surface area contributed by atoms with E-state index < -0.39 is 0 Å². The maximum absolute atomic E-state index is 7.50. The molecule has 0 aliphatic carbocycles. The molecular formula is C6O6Pt. The van der Waals surface area contributed by atoms with Crippen molar-refractivity contribution in [2.24, 2.45) is 0 Å². The van der Waals surface area contributed by atoms with Crippen molar-refractivity contribution < 1.29 is 49.8 Å². The van der Waals surface area contributed by atoms with Crippen molar-refractivity contribution in [1.82, 2.24) is 0 Å². The summed E-state index contributed by atoms with van der Waals surface area (Å²) in [5.74, 6) is 0. The van der Waals surface area contributed by atoms with Crippen molar-refractivity contribution in [3.8, 4) is 0 Å². The number of hydrogen-bond acceptors (Lipinski definition) is 6. The van der Waals surface area contributed by atoms with Gasteiger partial charge >= 0.3 is 0 Å². The summed E-state index contributed by atoms with van der Waals surface area (Å²) in [4.78, 5) is 45.0. The Bertz CT molecular complexity index is 32.6. The molecule has 7 heteroatoms. The molecule has 0 amide bonds. The van der Waals surface area contributed by atoms with Gasteiger partial charge in [-0.3, -0.25) is 28.8 Å². The SMILES string of the molecule is [C]=O.[C]=O.[C]=O.[C]=O.[C]=O.[C]=O.[Pt]. The van der Waals surface area contributed by atoms with Crippen LogP contribution in [0.25, 0.3) is 0 Å². The molecule has 13 heavy (non-hydrogen) atoms. The van der Waals surface area contributed by atoms with Crippen molar-refractivity contribution in [3.63, 3.8) is 0 Å². The van der Waals surface area contributed by atoms with Gasteiger partial charge in [0.2, 0.25) is 0 Å². The molecule has 0 saturated heterocycles. The topological polar surface area (TPSA) is 102 Å². The first-order valence-electron chi connectivity index (χ1n) is 1.22. The van der Waals surface area contributed by atoms with Crippen LogP contribution in [0.3, 0.4) is 0 Å². The minimum atomic E-state index is 0. The Morgan fingerprint density at radius 3 is 0.308 bits per heavy atom. The third kappa shape index (κ3) is 487. The maximum atomic E-state index is 7.50. The molecule has 0 unspecified atom stereocenters. The van der Waals surface area contributed by atoms with Crippen LogP contribution in [0, 0.1) is 0 Å². The van der Waals surface area contributed by atoms with E-state index in [0.29, 0.717) is 0 Å². The molecule has 0 atom stereocenters. The number of carbonyl (C=O) groups excluding carboxylic acids is 6. The summed E-state index contributed by atoms with van der Waals surface area (Å²) in [6.45, 7) is 27.0. The number of rotatable bonds is 0. The second-order valence-corrected chi connectivity index (χ2v) is 0. The Morgan fingerprint density at radius 1 is 0.308 bits per heavy atom. The van der Waals surface area contributed by atoms with Crippen LogP contribution in [-0.4, -0.2) is 40.7 Å². The Morgan fingerprint density at radius 2 is 0.308 bits per heavy atom. The average Bonchev–Trinajstić information content (AvgIpc) is 2.33. The fraction of sp³-hybridized carbons (Fsp3) is 0. The molecule has 0 aliphatic rings. The van der Waals surface area contributed by atoms with E-state index in [9.17, 15) is 0 Å². The van der Waals surface area contributed by atoms with Gasteiger partial charge in [-0.15, -0.1) is 0 Å². The molecule has 0 bridgehead atoms. The van der Waals surface area contributed by atoms with Crippen LogP contribution in [0.1, 0.15) is 0 Å². The van der Waals surface area contributed by atoms with Crippen LogP contribution in [0.2, 0.25) is 0 Å². The van der Waals surface area contributed by atoms with Gasteiger partial charge in [-0.25, -0.2) is 0 Å². The van der Waals surface area contributed by atoms with Crippen molar-refractivity contribution >= 4 is 40.7 Å². The van der Waals surface area contributed by atoms with Gasteiger partial charge in [0.25, 0.3) is 40.7 Å². The Labute approximate surface area is 91.0 Å². The molecule has 0 spiro atoms.